The Bertz CT molecular complexity index is 776. The molecule has 2 aromatic rings. The minimum atomic E-state index is -4.12. The van der Waals surface area contributed by atoms with Gasteiger partial charge in [0.25, 0.3) is 0 Å². The zero-order chi connectivity index (χ0) is 19.7. The molecule has 0 radical (unpaired) electrons. The fourth-order valence-corrected chi connectivity index (χ4v) is 3.86. The van der Waals surface area contributed by atoms with Crippen molar-refractivity contribution in [3.05, 3.63) is 65.7 Å². The maximum atomic E-state index is 10.5. The Morgan fingerprint density at radius 1 is 0.964 bits per heavy atom. The fraction of sp³-hybridized carbons (Fsp3) is 0.455. The van der Waals surface area contributed by atoms with Gasteiger partial charge in [-0.15, -0.1) is 0 Å². The van der Waals surface area contributed by atoms with Gasteiger partial charge in [0.05, 0.1) is 16.7 Å². The third-order valence-corrected chi connectivity index (χ3v) is 5.48. The molecule has 0 heterocycles. The average molecular weight is 413 g/mol. The van der Waals surface area contributed by atoms with Crippen LogP contribution in [0.4, 0.5) is 0 Å². The zero-order valence-corrected chi connectivity index (χ0v) is 20.0. The van der Waals surface area contributed by atoms with Gasteiger partial charge in [-0.1, -0.05) is 56.3 Å². The molecule has 6 heteroatoms. The molecule has 2 aromatic carbocycles. The number of rotatable bonds is 11. The van der Waals surface area contributed by atoms with Crippen molar-refractivity contribution in [3.63, 3.8) is 0 Å². The maximum absolute atomic E-state index is 10.5. The number of ether oxygens (including phenoxy) is 1. The smallest absolute Gasteiger partial charge is 0.748 e. The van der Waals surface area contributed by atoms with Crippen molar-refractivity contribution in [1.82, 2.24) is 0 Å². The molecular weight excluding hydrogens is 383 g/mol. The van der Waals surface area contributed by atoms with Crippen LogP contribution in [0.15, 0.2) is 54.6 Å². The number of hydrogen-bond donors (Lipinski definition) is 0. The van der Waals surface area contributed by atoms with Crippen LogP contribution in [0.25, 0.3) is 0 Å². The Morgan fingerprint density at radius 3 is 2.21 bits per heavy atom. The van der Waals surface area contributed by atoms with Crippen molar-refractivity contribution in [2.24, 2.45) is 5.92 Å². The van der Waals surface area contributed by atoms with E-state index in [1.807, 2.05) is 18.2 Å². The van der Waals surface area contributed by atoms with Crippen LogP contribution >= 0.6 is 0 Å². The van der Waals surface area contributed by atoms with Crippen LogP contribution < -0.4 is 34.3 Å². The van der Waals surface area contributed by atoms with E-state index in [1.165, 1.54) is 11.1 Å². The molecular formula is C22H29NaO4S. The van der Waals surface area contributed by atoms with E-state index in [9.17, 15) is 13.0 Å². The van der Waals surface area contributed by atoms with Gasteiger partial charge in [0.1, 0.15) is 5.75 Å². The van der Waals surface area contributed by atoms with Gasteiger partial charge in [0, 0.05) is 5.75 Å². The molecule has 0 aromatic heterocycles. The van der Waals surface area contributed by atoms with Crippen molar-refractivity contribution >= 4 is 10.1 Å². The van der Waals surface area contributed by atoms with E-state index in [2.05, 4.69) is 50.2 Å². The Hall–Kier alpha value is -0.850. The Kier molecular flexibility index (Phi) is 11.4. The molecule has 0 bridgehead atoms. The SMILES string of the molecule is CC(Cc1ccccc1)CC(C)c1ccc(OCCCCS(=O)(=O)[O-])cc1.[Na+]. The minimum Gasteiger partial charge on any atom is -0.748 e. The molecule has 0 aliphatic carbocycles. The first-order valence-corrected chi connectivity index (χ1v) is 11.1. The van der Waals surface area contributed by atoms with Crippen LogP contribution in [0.3, 0.4) is 0 Å². The summed E-state index contributed by atoms with van der Waals surface area (Å²) < 4.78 is 37.3. The third kappa shape index (κ3) is 10.1. The van der Waals surface area contributed by atoms with Crippen molar-refractivity contribution in [2.45, 2.75) is 45.4 Å². The predicted octanol–water partition coefficient (Wildman–Crippen LogP) is 1.77. The average Bonchev–Trinajstić information content (AvgIpc) is 2.61. The van der Waals surface area contributed by atoms with Gasteiger partial charge in [-0.25, -0.2) is 8.42 Å². The van der Waals surface area contributed by atoms with Crippen molar-refractivity contribution in [1.29, 1.82) is 0 Å². The summed E-state index contributed by atoms with van der Waals surface area (Å²) in [5.74, 6) is 1.53. The largest absolute Gasteiger partial charge is 1.00 e. The van der Waals surface area contributed by atoms with Crippen molar-refractivity contribution in [3.8, 4) is 5.75 Å². The Morgan fingerprint density at radius 2 is 1.61 bits per heavy atom. The molecule has 28 heavy (non-hydrogen) atoms. The van der Waals surface area contributed by atoms with Crippen LogP contribution in [-0.4, -0.2) is 25.3 Å². The van der Waals surface area contributed by atoms with Crippen LogP contribution in [0.2, 0.25) is 0 Å². The van der Waals surface area contributed by atoms with Crippen LogP contribution in [0.1, 0.15) is 50.2 Å². The summed E-state index contributed by atoms with van der Waals surface area (Å²) >= 11 is 0. The summed E-state index contributed by atoms with van der Waals surface area (Å²) in [4.78, 5) is 0. The number of hydrogen-bond acceptors (Lipinski definition) is 4. The van der Waals surface area contributed by atoms with Gasteiger partial charge in [0.15, 0.2) is 0 Å². The van der Waals surface area contributed by atoms with Gasteiger partial charge < -0.3 is 9.29 Å². The second kappa shape index (κ2) is 12.7. The normalized spacial score (nSPS) is 13.4. The quantitative estimate of drug-likeness (QED) is 0.321. The Labute approximate surface area is 191 Å². The molecule has 2 rings (SSSR count). The molecule has 2 unspecified atom stereocenters. The molecule has 148 valence electrons. The molecule has 0 saturated carbocycles. The minimum absolute atomic E-state index is 0. The van der Waals surface area contributed by atoms with Crippen LogP contribution in [-0.2, 0) is 16.5 Å². The second-order valence-electron chi connectivity index (χ2n) is 7.32. The van der Waals surface area contributed by atoms with Gasteiger partial charge >= 0.3 is 29.6 Å². The summed E-state index contributed by atoms with van der Waals surface area (Å²) in [5.41, 5.74) is 2.67. The fourth-order valence-electron chi connectivity index (χ4n) is 3.30. The monoisotopic (exact) mass is 412 g/mol. The molecule has 4 nitrogen and oxygen atoms in total. The summed E-state index contributed by atoms with van der Waals surface area (Å²) in [6.45, 7) is 4.96. The summed E-state index contributed by atoms with van der Waals surface area (Å²) in [6.07, 6.45) is 3.10. The zero-order valence-electron chi connectivity index (χ0n) is 17.1. The van der Waals surface area contributed by atoms with Crippen molar-refractivity contribution in [2.75, 3.05) is 12.4 Å². The molecule has 2 atom stereocenters. The van der Waals surface area contributed by atoms with E-state index >= 15 is 0 Å². The summed E-state index contributed by atoms with van der Waals surface area (Å²) in [7, 11) is -4.12. The number of unbranched alkanes of at least 4 members (excludes halogenated alkanes) is 1. The molecule has 0 aliphatic heterocycles. The van der Waals surface area contributed by atoms with E-state index in [0.717, 1.165) is 18.6 Å². The second-order valence-corrected chi connectivity index (χ2v) is 8.84. The molecule has 0 aliphatic rings. The maximum Gasteiger partial charge on any atom is 1.00 e. The molecule has 0 N–H and O–H groups in total. The first kappa shape index (κ1) is 25.2. The van der Waals surface area contributed by atoms with Crippen LogP contribution in [0.5, 0.6) is 5.75 Å². The molecule has 0 amide bonds. The van der Waals surface area contributed by atoms with E-state index in [4.69, 9.17) is 4.74 Å². The summed E-state index contributed by atoms with van der Waals surface area (Å²) in [5, 5.41) is 0. The first-order chi connectivity index (χ1) is 12.8. The van der Waals surface area contributed by atoms with Gasteiger partial charge in [0.2, 0.25) is 0 Å². The predicted molar refractivity (Wildman–Crippen MR) is 108 cm³/mol. The number of benzene rings is 2. The van der Waals surface area contributed by atoms with E-state index < -0.39 is 10.1 Å². The molecule has 0 saturated heterocycles. The van der Waals surface area contributed by atoms with E-state index in [1.54, 1.807) is 0 Å². The van der Waals surface area contributed by atoms with E-state index in [0.29, 0.717) is 31.3 Å². The first-order valence-electron chi connectivity index (χ1n) is 9.54. The van der Waals surface area contributed by atoms with Crippen LogP contribution in [0, 0.1) is 5.92 Å². The Balaban J connectivity index is 0.00000392. The summed E-state index contributed by atoms with van der Waals surface area (Å²) in [6, 6.07) is 18.7. The van der Waals surface area contributed by atoms with Gasteiger partial charge in [-0.2, -0.15) is 0 Å². The third-order valence-electron chi connectivity index (χ3n) is 4.69. The van der Waals surface area contributed by atoms with E-state index in [-0.39, 0.29) is 35.3 Å². The molecule has 0 spiro atoms. The van der Waals surface area contributed by atoms with Crippen molar-refractivity contribution < 1.29 is 47.3 Å². The van der Waals surface area contributed by atoms with Gasteiger partial charge in [-0.05, 0) is 60.8 Å². The topological polar surface area (TPSA) is 66.4 Å². The molecule has 0 fully saturated rings. The van der Waals surface area contributed by atoms with Gasteiger partial charge in [-0.3, -0.25) is 0 Å². The standard InChI is InChI=1S/C22H30O4S.Na/c1-18(17-20-8-4-3-5-9-20)16-19(2)21-10-12-22(13-11-21)26-14-6-7-15-27(23,24)25;/h3-5,8-13,18-19H,6-7,14-17H2,1-2H3,(H,23,24,25);/q;+1/p-1.